The van der Waals surface area contributed by atoms with Crippen LogP contribution >= 0.6 is 0 Å². The lowest BCUT2D eigenvalue weighted by Gasteiger charge is -2.36. The van der Waals surface area contributed by atoms with Gasteiger partial charge < -0.3 is 24.3 Å². The number of piperidine rings is 1. The highest BCUT2D eigenvalue weighted by Gasteiger charge is 2.32. The number of nitrogens with one attached hydrogen (secondary N) is 1. The van der Waals surface area contributed by atoms with E-state index in [1.54, 1.807) is 11.1 Å². The van der Waals surface area contributed by atoms with Crippen LogP contribution in [-0.2, 0) is 24.2 Å². The van der Waals surface area contributed by atoms with Crippen molar-refractivity contribution in [1.29, 1.82) is 0 Å². The van der Waals surface area contributed by atoms with Crippen LogP contribution < -0.4 is 10.1 Å². The minimum atomic E-state index is -3.02. The van der Waals surface area contributed by atoms with E-state index in [2.05, 4.69) is 10.3 Å². The van der Waals surface area contributed by atoms with Crippen LogP contribution in [0.1, 0.15) is 44.9 Å². The average molecular weight is 641 g/mol. The number of rotatable bonds is 12. The smallest absolute Gasteiger partial charge is 0.320 e. The number of likely N-dealkylation sites (tertiary alicyclic amines) is 1. The average Bonchev–Trinajstić information content (AvgIpc) is 3.44. The van der Waals surface area contributed by atoms with Crippen molar-refractivity contribution < 1.29 is 27.5 Å². The van der Waals surface area contributed by atoms with Gasteiger partial charge in [-0.2, -0.15) is 4.98 Å². The lowest BCUT2D eigenvalue weighted by Crippen LogP contribution is -2.45. The van der Waals surface area contributed by atoms with Crippen LogP contribution in [0.2, 0.25) is 0 Å². The summed E-state index contributed by atoms with van der Waals surface area (Å²) in [6.45, 7) is 1.84. The summed E-state index contributed by atoms with van der Waals surface area (Å²) in [6.07, 6.45) is 9.92. The van der Waals surface area contributed by atoms with Crippen molar-refractivity contribution in [3.05, 3.63) is 42.7 Å². The molecule has 2 aliphatic rings. The maximum absolute atomic E-state index is 13.2. The van der Waals surface area contributed by atoms with Gasteiger partial charge in [-0.25, -0.2) is 13.4 Å². The predicted molar refractivity (Wildman–Crippen MR) is 172 cm³/mol. The van der Waals surface area contributed by atoms with Crippen LogP contribution in [0.4, 0.5) is 5.95 Å². The number of hydrogen-bond donors (Lipinski definition) is 1. The van der Waals surface area contributed by atoms with Gasteiger partial charge in [-0.15, -0.1) is 0 Å². The second kappa shape index (κ2) is 14.6. The quantitative estimate of drug-likeness (QED) is 0.232. The molecule has 0 spiro atoms. The first-order valence-corrected chi connectivity index (χ1v) is 17.8. The number of benzene rings is 1. The Labute approximate surface area is 265 Å². The summed E-state index contributed by atoms with van der Waals surface area (Å²) in [7, 11) is 0.655. The number of likely N-dealkylation sites (N-methyl/N-ethyl adjacent to an activating group) is 1. The highest BCUT2D eigenvalue weighted by atomic mass is 32.2. The minimum Gasteiger partial charge on any atom is -0.493 e. The Hall–Kier alpha value is -3.71. The Morgan fingerprint density at radius 1 is 1.04 bits per heavy atom. The molecule has 0 atom stereocenters. The molecule has 2 fully saturated rings. The lowest BCUT2D eigenvalue weighted by molar-refractivity contribution is -0.153. The van der Waals surface area contributed by atoms with Crippen molar-refractivity contribution in [2.75, 3.05) is 57.7 Å². The third-order valence-corrected chi connectivity index (χ3v) is 9.43. The second-order valence-electron chi connectivity index (χ2n) is 12.4. The first-order valence-electron chi connectivity index (χ1n) is 15.7. The Kier molecular flexibility index (Phi) is 10.6. The largest absolute Gasteiger partial charge is 0.493 e. The molecular formula is C32H44N6O6S. The Bertz CT molecular complexity index is 1580. The molecule has 1 N–H and O–H groups in total. The molecule has 1 saturated carbocycles. The van der Waals surface area contributed by atoms with Gasteiger partial charge in [0.25, 0.3) is 0 Å². The summed E-state index contributed by atoms with van der Waals surface area (Å²) in [6, 6.07) is 9.79. The summed E-state index contributed by atoms with van der Waals surface area (Å²) in [4.78, 5) is 38.2. The lowest BCUT2D eigenvalue weighted by atomic mass is 9.85. The third-order valence-electron chi connectivity index (χ3n) is 8.40. The Morgan fingerprint density at radius 3 is 2.51 bits per heavy atom. The van der Waals surface area contributed by atoms with E-state index in [1.165, 1.54) is 6.26 Å². The molecule has 3 aromatic rings. The van der Waals surface area contributed by atoms with Gasteiger partial charge in [0, 0.05) is 61.9 Å². The zero-order valence-electron chi connectivity index (χ0n) is 26.4. The van der Waals surface area contributed by atoms with Crippen LogP contribution in [0.3, 0.4) is 0 Å². The zero-order valence-corrected chi connectivity index (χ0v) is 27.2. The fourth-order valence-electron chi connectivity index (χ4n) is 6.12. The molecule has 0 radical (unpaired) electrons. The van der Waals surface area contributed by atoms with Crippen LogP contribution in [0, 0.1) is 5.92 Å². The number of anilines is 1. The summed E-state index contributed by atoms with van der Waals surface area (Å²) in [5.41, 5.74) is 0.926. The van der Waals surface area contributed by atoms with Gasteiger partial charge >= 0.3 is 5.97 Å². The van der Waals surface area contributed by atoms with Crippen molar-refractivity contribution in [2.24, 2.45) is 5.92 Å². The normalized spacial score (nSPS) is 19.5. The van der Waals surface area contributed by atoms with E-state index in [9.17, 15) is 18.0 Å². The standard InChI is InChI=1S/C32H44N6O6S/c1-36(2)22-30(39)44-25-13-17-37(18-14-25)31(40)23-8-10-24(11-9-23)34-32-33-16-12-29(35-32)38-19-15-26-27(38)6-4-7-28(26)43-20-5-21-45(3,41)42/h4,6-7,12,15-16,19,23-25H,5,8-11,13-14,17-18,20-22H2,1-3H3,(H,33,34,35). The molecule has 0 unspecified atom stereocenters. The second-order valence-corrected chi connectivity index (χ2v) is 14.6. The number of sulfone groups is 1. The summed E-state index contributed by atoms with van der Waals surface area (Å²) >= 11 is 0. The number of nitrogens with zero attached hydrogens (tertiary/aromatic N) is 5. The highest BCUT2D eigenvalue weighted by molar-refractivity contribution is 7.90. The van der Waals surface area contributed by atoms with Gasteiger partial charge in [-0.1, -0.05) is 6.07 Å². The Balaban J connectivity index is 1.12. The summed E-state index contributed by atoms with van der Waals surface area (Å²) in [5.74, 6) is 2.06. The Morgan fingerprint density at radius 2 is 1.80 bits per heavy atom. The molecular weight excluding hydrogens is 596 g/mol. The number of aromatic nitrogens is 3. The number of hydrogen-bond acceptors (Lipinski definition) is 10. The minimum absolute atomic E-state index is 0.0113. The first-order chi connectivity index (χ1) is 21.6. The van der Waals surface area contributed by atoms with Crippen molar-refractivity contribution in [2.45, 2.75) is 57.1 Å². The number of fused-ring (bicyclic) bond motifs is 1. The van der Waals surface area contributed by atoms with Crippen LogP contribution in [0.5, 0.6) is 5.75 Å². The van der Waals surface area contributed by atoms with Crippen molar-refractivity contribution in [1.82, 2.24) is 24.3 Å². The molecule has 1 saturated heterocycles. The monoisotopic (exact) mass is 640 g/mol. The molecule has 5 rings (SSSR count). The van der Waals surface area contributed by atoms with Gasteiger partial charge in [0.1, 0.15) is 27.5 Å². The molecule has 3 heterocycles. The van der Waals surface area contributed by atoms with E-state index in [0.717, 1.165) is 42.4 Å². The highest BCUT2D eigenvalue weighted by Crippen LogP contribution is 2.30. The third kappa shape index (κ3) is 8.94. The van der Waals surface area contributed by atoms with Crippen molar-refractivity contribution >= 4 is 38.6 Å². The molecule has 12 nitrogen and oxygen atoms in total. The van der Waals surface area contributed by atoms with E-state index in [0.29, 0.717) is 50.7 Å². The van der Waals surface area contributed by atoms with Gasteiger partial charge in [0.05, 0.1) is 24.4 Å². The van der Waals surface area contributed by atoms with Crippen LogP contribution in [0.25, 0.3) is 16.7 Å². The topological polar surface area (TPSA) is 136 Å². The van der Waals surface area contributed by atoms with Crippen molar-refractivity contribution in [3.8, 4) is 11.6 Å². The van der Waals surface area contributed by atoms with Gasteiger partial charge in [0.2, 0.25) is 11.9 Å². The maximum Gasteiger partial charge on any atom is 0.320 e. The van der Waals surface area contributed by atoms with Gasteiger partial charge in [-0.3, -0.25) is 14.5 Å². The van der Waals surface area contributed by atoms with E-state index in [1.807, 2.05) is 60.1 Å². The molecule has 0 bridgehead atoms. The molecule has 1 aromatic carbocycles. The molecule has 1 amide bonds. The molecule has 1 aliphatic carbocycles. The number of ether oxygens (including phenoxy) is 2. The van der Waals surface area contributed by atoms with Crippen LogP contribution in [-0.4, -0.2) is 109 Å². The number of esters is 1. The van der Waals surface area contributed by atoms with Gasteiger partial charge in [-0.05, 0) is 70.5 Å². The van der Waals surface area contributed by atoms with Gasteiger partial charge in [0.15, 0.2) is 0 Å². The summed E-state index contributed by atoms with van der Waals surface area (Å²) in [5, 5.41) is 4.40. The SMILES string of the molecule is CN(C)CC(=O)OC1CCN(C(=O)C2CCC(Nc3nccc(-n4ccc5c(OCCCS(C)(=O)=O)cccc54)n3)CC2)CC1. The van der Waals surface area contributed by atoms with Crippen LogP contribution in [0.15, 0.2) is 42.7 Å². The number of carbonyl (C=O) groups excluding carboxylic acids is 2. The molecule has 45 heavy (non-hydrogen) atoms. The molecule has 2 aromatic heterocycles. The fourth-order valence-corrected chi connectivity index (χ4v) is 6.76. The van der Waals surface area contributed by atoms with E-state index >= 15 is 0 Å². The van der Waals surface area contributed by atoms with E-state index in [4.69, 9.17) is 14.5 Å². The number of amides is 1. The molecule has 13 heteroatoms. The van der Waals surface area contributed by atoms with Crippen molar-refractivity contribution in [3.63, 3.8) is 0 Å². The fraction of sp³-hybridized carbons (Fsp3) is 0.562. The number of carbonyl (C=O) groups is 2. The predicted octanol–water partition coefficient (Wildman–Crippen LogP) is 3.30. The maximum atomic E-state index is 13.2. The van der Waals surface area contributed by atoms with E-state index in [-0.39, 0.29) is 42.2 Å². The van der Waals surface area contributed by atoms with E-state index < -0.39 is 9.84 Å². The molecule has 244 valence electrons. The first kappa shape index (κ1) is 32.7. The zero-order chi connectivity index (χ0) is 32.0. The summed E-state index contributed by atoms with van der Waals surface area (Å²) < 4.78 is 36.3. The molecule has 1 aliphatic heterocycles.